The van der Waals surface area contributed by atoms with Crippen LogP contribution in [0.5, 0.6) is 0 Å². The Morgan fingerprint density at radius 2 is 2.26 bits per heavy atom. The van der Waals surface area contributed by atoms with Crippen LogP contribution in [-0.2, 0) is 0 Å². The fraction of sp³-hybridized carbons (Fsp3) is 0.400. The second-order valence-corrected chi connectivity index (χ2v) is 7.18. The summed E-state index contributed by atoms with van der Waals surface area (Å²) in [4.78, 5) is 12.0. The summed E-state index contributed by atoms with van der Waals surface area (Å²) in [5.74, 6) is 0.135. The lowest BCUT2D eigenvalue weighted by molar-refractivity contribution is 0.102. The van der Waals surface area contributed by atoms with Crippen LogP contribution in [0.15, 0.2) is 11.2 Å². The number of rotatable bonds is 5. The third kappa shape index (κ3) is 3.47. The zero-order chi connectivity index (χ0) is 14.0. The van der Waals surface area contributed by atoms with Crippen LogP contribution < -0.4 is 0 Å². The van der Waals surface area contributed by atoms with Crippen LogP contribution in [0.25, 0.3) is 0 Å². The first-order valence-electron chi connectivity index (χ1n) is 5.37. The third-order valence-electron chi connectivity index (χ3n) is 2.24. The minimum absolute atomic E-state index is 0.0866. The molecular formula is C10H10Cl2N4OS2. The lowest BCUT2D eigenvalue weighted by Gasteiger charge is -2.06. The minimum Gasteiger partial charge on any atom is -0.293 e. The molecule has 2 aromatic heterocycles. The molecule has 0 aliphatic carbocycles. The number of Topliss-reactive ketones (excluding diaryl/α,β-unsaturated/α-hetero) is 1. The van der Waals surface area contributed by atoms with E-state index in [-0.39, 0.29) is 17.6 Å². The Hall–Kier alpha value is -0.630. The van der Waals surface area contributed by atoms with Gasteiger partial charge in [0, 0.05) is 5.56 Å². The van der Waals surface area contributed by atoms with Gasteiger partial charge < -0.3 is 0 Å². The molecule has 0 spiro atoms. The second-order valence-electron chi connectivity index (χ2n) is 3.95. The molecule has 0 fully saturated rings. The van der Waals surface area contributed by atoms with Crippen LogP contribution in [0, 0.1) is 0 Å². The Morgan fingerprint density at radius 3 is 2.84 bits per heavy atom. The summed E-state index contributed by atoms with van der Waals surface area (Å²) in [6.45, 7) is 3.94. The Bertz CT molecular complexity index is 596. The SMILES string of the molecule is CC(C)n1nnnc1SCC(=O)c1cc(Cl)sc1Cl. The number of nitrogens with zero attached hydrogens (tertiary/aromatic N) is 4. The molecule has 2 aromatic rings. The minimum atomic E-state index is -0.0866. The van der Waals surface area contributed by atoms with Crippen molar-refractivity contribution >= 4 is 52.1 Å². The van der Waals surface area contributed by atoms with Gasteiger partial charge in [-0.05, 0) is 30.3 Å². The molecule has 0 saturated heterocycles. The maximum absolute atomic E-state index is 12.0. The Labute approximate surface area is 128 Å². The average Bonchev–Trinajstić information content (AvgIpc) is 2.92. The van der Waals surface area contributed by atoms with Gasteiger partial charge in [0.2, 0.25) is 5.16 Å². The quantitative estimate of drug-likeness (QED) is 0.616. The summed E-state index contributed by atoms with van der Waals surface area (Å²) in [7, 11) is 0. The van der Waals surface area contributed by atoms with E-state index < -0.39 is 0 Å². The van der Waals surface area contributed by atoms with E-state index in [1.807, 2.05) is 13.8 Å². The average molecular weight is 337 g/mol. The second kappa shape index (κ2) is 6.21. The van der Waals surface area contributed by atoms with Gasteiger partial charge in [-0.25, -0.2) is 4.68 Å². The molecule has 2 rings (SSSR count). The van der Waals surface area contributed by atoms with Crippen LogP contribution in [0.1, 0.15) is 30.2 Å². The van der Waals surface area contributed by atoms with Crippen LogP contribution >= 0.6 is 46.3 Å². The van der Waals surface area contributed by atoms with Gasteiger partial charge in [0.05, 0.1) is 16.1 Å². The lowest BCUT2D eigenvalue weighted by atomic mass is 10.2. The number of carbonyl (C=O) groups is 1. The number of halogens is 2. The molecule has 0 radical (unpaired) electrons. The largest absolute Gasteiger partial charge is 0.293 e. The number of aromatic nitrogens is 4. The summed E-state index contributed by atoms with van der Waals surface area (Å²) >= 11 is 14.2. The first kappa shape index (κ1) is 14.8. The zero-order valence-corrected chi connectivity index (χ0v) is 13.3. The van der Waals surface area contributed by atoms with Crippen molar-refractivity contribution in [3.8, 4) is 0 Å². The van der Waals surface area contributed by atoms with E-state index in [0.717, 1.165) is 0 Å². The first-order valence-corrected chi connectivity index (χ1v) is 7.93. The van der Waals surface area contributed by atoms with E-state index in [0.29, 0.717) is 19.4 Å². The predicted molar refractivity (Wildman–Crippen MR) is 77.6 cm³/mol. The monoisotopic (exact) mass is 336 g/mol. The van der Waals surface area contributed by atoms with Crippen molar-refractivity contribution in [3.05, 3.63) is 20.3 Å². The first-order chi connectivity index (χ1) is 8.99. The standard InChI is InChI=1S/C10H10Cl2N4OS2/c1-5(2)16-10(13-14-15-16)18-4-7(17)6-3-8(11)19-9(6)12/h3,5H,4H2,1-2H3. The number of thiophene rings is 1. The molecule has 5 nitrogen and oxygen atoms in total. The van der Waals surface area contributed by atoms with Crippen molar-refractivity contribution in [2.24, 2.45) is 0 Å². The molecule has 0 aromatic carbocycles. The van der Waals surface area contributed by atoms with Gasteiger partial charge in [-0.2, -0.15) is 0 Å². The number of carbonyl (C=O) groups excluding carboxylic acids is 1. The number of thioether (sulfide) groups is 1. The molecule has 2 heterocycles. The number of tetrazole rings is 1. The zero-order valence-electron chi connectivity index (χ0n) is 10.1. The molecule has 102 valence electrons. The smallest absolute Gasteiger partial charge is 0.209 e. The van der Waals surface area contributed by atoms with Gasteiger partial charge in [-0.15, -0.1) is 16.4 Å². The van der Waals surface area contributed by atoms with Crippen molar-refractivity contribution in [2.75, 3.05) is 5.75 Å². The maximum Gasteiger partial charge on any atom is 0.209 e. The van der Waals surface area contributed by atoms with Crippen LogP contribution in [-0.4, -0.2) is 31.7 Å². The van der Waals surface area contributed by atoms with Gasteiger partial charge in [0.25, 0.3) is 0 Å². The summed E-state index contributed by atoms with van der Waals surface area (Å²) in [5.41, 5.74) is 0.452. The summed E-state index contributed by atoms with van der Waals surface area (Å²) in [6, 6.07) is 1.73. The van der Waals surface area contributed by atoms with Gasteiger partial charge in [-0.3, -0.25) is 4.79 Å². The Kier molecular flexibility index (Phi) is 4.83. The normalized spacial score (nSPS) is 11.2. The van der Waals surface area contributed by atoms with E-state index >= 15 is 0 Å². The molecule has 0 amide bonds. The lowest BCUT2D eigenvalue weighted by Crippen LogP contribution is -2.07. The van der Waals surface area contributed by atoms with Crippen LogP contribution in [0.3, 0.4) is 0 Å². The van der Waals surface area contributed by atoms with Crippen molar-refractivity contribution < 1.29 is 4.79 Å². The van der Waals surface area contributed by atoms with Crippen LogP contribution in [0.2, 0.25) is 8.67 Å². The Balaban J connectivity index is 2.04. The van der Waals surface area contributed by atoms with Gasteiger partial charge in [-0.1, -0.05) is 35.0 Å². The third-order valence-corrected chi connectivity index (χ3v) is 4.66. The molecule has 19 heavy (non-hydrogen) atoms. The van der Waals surface area contributed by atoms with E-state index in [2.05, 4.69) is 15.5 Å². The predicted octanol–water partition coefficient (Wildman–Crippen LogP) is 3.60. The van der Waals surface area contributed by atoms with Crippen molar-refractivity contribution in [1.29, 1.82) is 0 Å². The molecular weight excluding hydrogens is 327 g/mol. The van der Waals surface area contributed by atoms with Crippen molar-refractivity contribution in [3.63, 3.8) is 0 Å². The molecule has 0 N–H and O–H groups in total. The number of ketones is 1. The van der Waals surface area contributed by atoms with Crippen LogP contribution in [0.4, 0.5) is 0 Å². The maximum atomic E-state index is 12.0. The fourth-order valence-corrected chi connectivity index (χ4v) is 3.73. The molecule has 0 aliphatic rings. The fourth-order valence-electron chi connectivity index (χ4n) is 1.34. The Morgan fingerprint density at radius 1 is 1.53 bits per heavy atom. The summed E-state index contributed by atoms with van der Waals surface area (Å²) < 4.78 is 2.59. The highest BCUT2D eigenvalue weighted by Crippen LogP contribution is 2.32. The number of hydrogen-bond acceptors (Lipinski definition) is 6. The highest BCUT2D eigenvalue weighted by Gasteiger charge is 2.17. The molecule has 0 saturated carbocycles. The topological polar surface area (TPSA) is 60.7 Å². The molecule has 0 unspecified atom stereocenters. The van der Waals surface area contributed by atoms with Crippen molar-refractivity contribution in [2.45, 2.75) is 25.0 Å². The van der Waals surface area contributed by atoms with Crippen molar-refractivity contribution in [1.82, 2.24) is 20.2 Å². The summed E-state index contributed by atoms with van der Waals surface area (Å²) in [5, 5.41) is 12.0. The van der Waals surface area contributed by atoms with Gasteiger partial charge in [0.1, 0.15) is 4.34 Å². The van der Waals surface area contributed by atoms with E-state index in [9.17, 15) is 4.79 Å². The van der Waals surface area contributed by atoms with E-state index in [4.69, 9.17) is 23.2 Å². The van der Waals surface area contributed by atoms with Gasteiger partial charge in [0.15, 0.2) is 5.78 Å². The van der Waals surface area contributed by atoms with E-state index in [1.54, 1.807) is 10.7 Å². The van der Waals surface area contributed by atoms with E-state index in [1.165, 1.54) is 23.1 Å². The molecule has 0 aliphatic heterocycles. The molecule has 0 atom stereocenters. The molecule has 0 bridgehead atoms. The molecule has 9 heteroatoms. The highest BCUT2D eigenvalue weighted by atomic mass is 35.5. The summed E-state index contributed by atoms with van der Waals surface area (Å²) in [6.07, 6.45) is 0. The highest BCUT2D eigenvalue weighted by molar-refractivity contribution is 7.99. The number of hydrogen-bond donors (Lipinski definition) is 0. The van der Waals surface area contributed by atoms with Gasteiger partial charge >= 0.3 is 0 Å².